The van der Waals surface area contributed by atoms with Gasteiger partial charge in [-0.2, -0.15) is 4.98 Å². The predicted molar refractivity (Wildman–Crippen MR) is 68.0 cm³/mol. The number of nitrogens with one attached hydrogen (secondary N) is 2. The standard InChI is InChI=1S/C11H21N5/c1-9-8-10(15-11(12-2)14-9)13-6-5-7-16(3)4/h8H,5-7H2,1-4H3,(H2,12,13,14,15). The summed E-state index contributed by atoms with van der Waals surface area (Å²) in [5.41, 5.74) is 0.967. The van der Waals surface area contributed by atoms with Crippen molar-refractivity contribution in [2.24, 2.45) is 0 Å². The number of hydrogen-bond donors (Lipinski definition) is 2. The average molecular weight is 223 g/mol. The highest BCUT2D eigenvalue weighted by Gasteiger charge is 1.99. The molecule has 1 heterocycles. The van der Waals surface area contributed by atoms with Gasteiger partial charge in [-0.05, 0) is 34.0 Å². The lowest BCUT2D eigenvalue weighted by molar-refractivity contribution is 0.405. The predicted octanol–water partition coefficient (Wildman–Crippen LogP) is 1.19. The third-order valence-corrected chi connectivity index (χ3v) is 2.17. The number of hydrogen-bond acceptors (Lipinski definition) is 5. The van der Waals surface area contributed by atoms with Crippen LogP contribution in [0.5, 0.6) is 0 Å². The van der Waals surface area contributed by atoms with E-state index in [1.807, 2.05) is 20.0 Å². The van der Waals surface area contributed by atoms with Gasteiger partial charge in [-0.15, -0.1) is 0 Å². The molecule has 0 unspecified atom stereocenters. The van der Waals surface area contributed by atoms with Crippen molar-refractivity contribution in [2.75, 3.05) is 44.9 Å². The van der Waals surface area contributed by atoms with Gasteiger partial charge in [0.1, 0.15) is 5.82 Å². The number of aromatic nitrogens is 2. The molecule has 1 aromatic heterocycles. The van der Waals surface area contributed by atoms with Gasteiger partial charge in [-0.1, -0.05) is 0 Å². The number of nitrogens with zero attached hydrogens (tertiary/aromatic N) is 3. The Hall–Kier alpha value is -1.36. The molecule has 0 aliphatic heterocycles. The van der Waals surface area contributed by atoms with E-state index in [1.165, 1.54) is 0 Å². The molecule has 0 radical (unpaired) electrons. The summed E-state index contributed by atoms with van der Waals surface area (Å²) in [5, 5.41) is 6.24. The maximum Gasteiger partial charge on any atom is 0.224 e. The van der Waals surface area contributed by atoms with E-state index in [9.17, 15) is 0 Å². The van der Waals surface area contributed by atoms with E-state index in [-0.39, 0.29) is 0 Å². The summed E-state index contributed by atoms with van der Waals surface area (Å²) >= 11 is 0. The molecule has 0 aliphatic carbocycles. The van der Waals surface area contributed by atoms with Crippen LogP contribution in [0.3, 0.4) is 0 Å². The largest absolute Gasteiger partial charge is 0.370 e. The molecular weight excluding hydrogens is 202 g/mol. The van der Waals surface area contributed by atoms with E-state index in [0.29, 0.717) is 5.95 Å². The summed E-state index contributed by atoms with van der Waals surface area (Å²) in [4.78, 5) is 10.7. The van der Waals surface area contributed by atoms with Gasteiger partial charge in [-0.3, -0.25) is 0 Å². The fourth-order valence-corrected chi connectivity index (χ4v) is 1.38. The van der Waals surface area contributed by atoms with Gasteiger partial charge in [0, 0.05) is 25.4 Å². The molecular formula is C11H21N5. The molecule has 2 N–H and O–H groups in total. The first-order valence-electron chi connectivity index (χ1n) is 5.54. The van der Waals surface area contributed by atoms with Crippen LogP contribution in [0.1, 0.15) is 12.1 Å². The summed E-state index contributed by atoms with van der Waals surface area (Å²) in [7, 11) is 5.98. The first kappa shape index (κ1) is 12.7. The number of rotatable bonds is 6. The maximum absolute atomic E-state index is 4.32. The van der Waals surface area contributed by atoms with Crippen molar-refractivity contribution in [3.8, 4) is 0 Å². The average Bonchev–Trinajstić information content (AvgIpc) is 2.23. The Kier molecular flexibility index (Phi) is 4.98. The van der Waals surface area contributed by atoms with Crippen LogP contribution in [0.4, 0.5) is 11.8 Å². The zero-order chi connectivity index (χ0) is 12.0. The van der Waals surface area contributed by atoms with Gasteiger partial charge < -0.3 is 15.5 Å². The Bertz CT molecular complexity index is 324. The van der Waals surface area contributed by atoms with Crippen molar-refractivity contribution in [3.63, 3.8) is 0 Å². The van der Waals surface area contributed by atoms with Gasteiger partial charge in [0.25, 0.3) is 0 Å². The van der Waals surface area contributed by atoms with Crippen molar-refractivity contribution in [1.29, 1.82) is 0 Å². The summed E-state index contributed by atoms with van der Waals surface area (Å²) in [6.45, 7) is 3.97. The molecule has 0 bridgehead atoms. The molecule has 0 saturated heterocycles. The molecule has 0 amide bonds. The molecule has 0 fully saturated rings. The molecule has 1 rings (SSSR count). The lowest BCUT2D eigenvalue weighted by atomic mass is 10.4. The van der Waals surface area contributed by atoms with E-state index < -0.39 is 0 Å². The first-order chi connectivity index (χ1) is 7.61. The summed E-state index contributed by atoms with van der Waals surface area (Å²) in [6.07, 6.45) is 1.10. The monoisotopic (exact) mass is 223 g/mol. The van der Waals surface area contributed by atoms with Crippen LogP contribution >= 0.6 is 0 Å². The van der Waals surface area contributed by atoms with Crippen LogP contribution in [-0.2, 0) is 0 Å². The van der Waals surface area contributed by atoms with Crippen LogP contribution in [0.15, 0.2) is 6.07 Å². The second-order valence-electron chi connectivity index (χ2n) is 4.05. The van der Waals surface area contributed by atoms with Crippen LogP contribution in [-0.4, -0.2) is 49.1 Å². The van der Waals surface area contributed by atoms with Gasteiger partial charge in [0.05, 0.1) is 0 Å². The summed E-state index contributed by atoms with van der Waals surface area (Å²) < 4.78 is 0. The van der Waals surface area contributed by atoms with Crippen LogP contribution in [0.25, 0.3) is 0 Å². The quantitative estimate of drug-likeness (QED) is 0.710. The second-order valence-corrected chi connectivity index (χ2v) is 4.05. The normalized spacial score (nSPS) is 10.6. The third-order valence-electron chi connectivity index (χ3n) is 2.17. The molecule has 0 aromatic carbocycles. The van der Waals surface area contributed by atoms with Gasteiger partial charge in [0.15, 0.2) is 0 Å². The maximum atomic E-state index is 4.32. The van der Waals surface area contributed by atoms with Gasteiger partial charge in [0.2, 0.25) is 5.95 Å². The van der Waals surface area contributed by atoms with Crippen molar-refractivity contribution in [1.82, 2.24) is 14.9 Å². The van der Waals surface area contributed by atoms with Crippen molar-refractivity contribution in [3.05, 3.63) is 11.8 Å². The lowest BCUT2D eigenvalue weighted by Crippen LogP contribution is -2.16. The number of aryl methyl sites for hydroxylation is 1. The van der Waals surface area contributed by atoms with E-state index in [0.717, 1.165) is 31.0 Å². The molecule has 0 spiro atoms. The van der Waals surface area contributed by atoms with E-state index in [1.54, 1.807) is 0 Å². The van der Waals surface area contributed by atoms with E-state index in [2.05, 4.69) is 39.6 Å². The highest BCUT2D eigenvalue weighted by Crippen LogP contribution is 2.08. The number of anilines is 2. The van der Waals surface area contributed by atoms with Gasteiger partial charge >= 0.3 is 0 Å². The molecule has 5 heteroatoms. The Morgan fingerprint density at radius 3 is 2.69 bits per heavy atom. The molecule has 16 heavy (non-hydrogen) atoms. The highest BCUT2D eigenvalue weighted by molar-refractivity contribution is 5.41. The molecule has 5 nitrogen and oxygen atoms in total. The minimum Gasteiger partial charge on any atom is -0.370 e. The van der Waals surface area contributed by atoms with Crippen molar-refractivity contribution < 1.29 is 0 Å². The smallest absolute Gasteiger partial charge is 0.224 e. The second kappa shape index (κ2) is 6.27. The Morgan fingerprint density at radius 2 is 2.06 bits per heavy atom. The van der Waals surface area contributed by atoms with E-state index >= 15 is 0 Å². The fraction of sp³-hybridized carbons (Fsp3) is 0.636. The van der Waals surface area contributed by atoms with Crippen molar-refractivity contribution in [2.45, 2.75) is 13.3 Å². The topological polar surface area (TPSA) is 53.1 Å². The highest BCUT2D eigenvalue weighted by atomic mass is 15.1. The summed E-state index contributed by atoms with van der Waals surface area (Å²) in [5.74, 6) is 1.55. The minimum atomic E-state index is 0.662. The summed E-state index contributed by atoms with van der Waals surface area (Å²) in [6, 6.07) is 1.95. The fourth-order valence-electron chi connectivity index (χ4n) is 1.38. The minimum absolute atomic E-state index is 0.662. The van der Waals surface area contributed by atoms with E-state index in [4.69, 9.17) is 0 Å². The third kappa shape index (κ3) is 4.44. The Morgan fingerprint density at radius 1 is 1.31 bits per heavy atom. The Balaban J connectivity index is 2.44. The first-order valence-corrected chi connectivity index (χ1v) is 5.54. The van der Waals surface area contributed by atoms with Gasteiger partial charge in [-0.25, -0.2) is 4.98 Å². The molecule has 1 aromatic rings. The zero-order valence-electron chi connectivity index (χ0n) is 10.5. The zero-order valence-corrected chi connectivity index (χ0v) is 10.5. The molecule has 0 aliphatic rings. The van der Waals surface area contributed by atoms with Crippen LogP contribution in [0.2, 0.25) is 0 Å². The lowest BCUT2D eigenvalue weighted by Gasteiger charge is -2.11. The van der Waals surface area contributed by atoms with Crippen molar-refractivity contribution >= 4 is 11.8 Å². The van der Waals surface area contributed by atoms with Crippen LogP contribution in [0, 0.1) is 6.92 Å². The van der Waals surface area contributed by atoms with Crippen LogP contribution < -0.4 is 10.6 Å². The molecule has 0 atom stereocenters. The molecule has 0 saturated carbocycles. The Labute approximate surface area is 97.3 Å². The SMILES string of the molecule is CNc1nc(C)cc(NCCCN(C)C)n1. The molecule has 90 valence electrons.